The lowest BCUT2D eigenvalue weighted by molar-refractivity contribution is 0.575. The van der Waals surface area contributed by atoms with Crippen LogP contribution in [0.25, 0.3) is 10.6 Å². The molecule has 0 bridgehead atoms. The van der Waals surface area contributed by atoms with Gasteiger partial charge in [0.25, 0.3) is 0 Å². The number of aryl methyl sites for hydroxylation is 1. The van der Waals surface area contributed by atoms with E-state index in [0.717, 1.165) is 12.2 Å². The summed E-state index contributed by atoms with van der Waals surface area (Å²) in [7, 11) is 0. The molecule has 21 heavy (non-hydrogen) atoms. The van der Waals surface area contributed by atoms with Crippen molar-refractivity contribution < 1.29 is 0 Å². The maximum atomic E-state index is 4.18. The second-order valence-corrected chi connectivity index (χ2v) is 6.21. The van der Waals surface area contributed by atoms with E-state index in [2.05, 4.69) is 71.1 Å². The third kappa shape index (κ3) is 3.23. The third-order valence-corrected chi connectivity index (χ3v) is 4.55. The van der Waals surface area contributed by atoms with Crippen molar-refractivity contribution >= 4 is 11.3 Å². The summed E-state index contributed by atoms with van der Waals surface area (Å²) in [5, 5.41) is 12.9. The lowest BCUT2D eigenvalue weighted by Gasteiger charge is -2.14. The first kappa shape index (κ1) is 14.0. The molecule has 0 aliphatic rings. The molecule has 2 N–H and O–H groups in total. The van der Waals surface area contributed by atoms with Crippen LogP contribution in [0.1, 0.15) is 29.7 Å². The average Bonchev–Trinajstić information content (AvgIpc) is 3.16. The molecule has 3 aromatic rings. The highest BCUT2D eigenvalue weighted by molar-refractivity contribution is 7.13. The van der Waals surface area contributed by atoms with Gasteiger partial charge in [-0.05, 0) is 30.9 Å². The monoisotopic (exact) mass is 297 g/mol. The van der Waals surface area contributed by atoms with Crippen LogP contribution in [0.5, 0.6) is 0 Å². The number of rotatable bonds is 5. The molecule has 108 valence electrons. The van der Waals surface area contributed by atoms with Gasteiger partial charge in [0.15, 0.2) is 0 Å². The summed E-state index contributed by atoms with van der Waals surface area (Å²) in [6, 6.07) is 13.2. The molecule has 0 fully saturated rings. The molecule has 0 aliphatic carbocycles. The number of benzene rings is 1. The predicted molar refractivity (Wildman–Crippen MR) is 88.3 cm³/mol. The van der Waals surface area contributed by atoms with Gasteiger partial charge in [-0.15, -0.1) is 11.3 Å². The van der Waals surface area contributed by atoms with Gasteiger partial charge >= 0.3 is 0 Å². The second kappa shape index (κ2) is 6.24. The normalized spacial score (nSPS) is 12.5. The van der Waals surface area contributed by atoms with Crippen molar-refractivity contribution in [2.45, 2.75) is 26.4 Å². The Morgan fingerprint density at radius 3 is 2.76 bits per heavy atom. The Hall–Kier alpha value is -1.91. The predicted octanol–water partition coefficient (Wildman–Crippen LogP) is 4.30. The quantitative estimate of drug-likeness (QED) is 0.737. The number of H-pyrrole nitrogens is 1. The van der Waals surface area contributed by atoms with Crippen molar-refractivity contribution in [2.24, 2.45) is 0 Å². The number of hydrogen-bond acceptors (Lipinski definition) is 3. The van der Waals surface area contributed by atoms with E-state index in [9.17, 15) is 0 Å². The molecule has 0 radical (unpaired) electrons. The molecular weight excluding hydrogens is 278 g/mol. The van der Waals surface area contributed by atoms with Gasteiger partial charge in [0, 0.05) is 18.2 Å². The maximum Gasteiger partial charge on any atom is 0.0794 e. The van der Waals surface area contributed by atoms with E-state index in [1.54, 1.807) is 11.3 Å². The van der Waals surface area contributed by atoms with Crippen LogP contribution in [0.2, 0.25) is 0 Å². The summed E-state index contributed by atoms with van der Waals surface area (Å²) in [6.45, 7) is 5.11. The minimum absolute atomic E-state index is 0.316. The number of nitrogens with one attached hydrogen (secondary N) is 2. The fourth-order valence-electron chi connectivity index (χ4n) is 2.32. The molecule has 2 heterocycles. The van der Waals surface area contributed by atoms with Crippen LogP contribution in [0, 0.1) is 6.92 Å². The maximum absolute atomic E-state index is 4.18. The molecule has 1 aromatic carbocycles. The summed E-state index contributed by atoms with van der Waals surface area (Å²) < 4.78 is 0. The summed E-state index contributed by atoms with van der Waals surface area (Å²) in [4.78, 5) is 1.23. The van der Waals surface area contributed by atoms with Gasteiger partial charge in [0.05, 0.1) is 16.8 Å². The van der Waals surface area contributed by atoms with Crippen molar-refractivity contribution in [3.63, 3.8) is 0 Å². The molecule has 1 atom stereocenters. The third-order valence-electron chi connectivity index (χ3n) is 3.66. The summed E-state index contributed by atoms with van der Waals surface area (Å²) in [5.41, 5.74) is 4.92. The highest BCUT2D eigenvalue weighted by atomic mass is 32.1. The number of aromatic amines is 1. The van der Waals surface area contributed by atoms with E-state index in [1.165, 1.54) is 21.6 Å². The van der Waals surface area contributed by atoms with E-state index in [0.29, 0.717) is 6.04 Å². The zero-order chi connectivity index (χ0) is 14.7. The number of nitrogens with zero attached hydrogens (tertiary/aromatic N) is 1. The summed E-state index contributed by atoms with van der Waals surface area (Å²) in [6.07, 6.45) is 1.91. The van der Waals surface area contributed by atoms with Gasteiger partial charge < -0.3 is 5.32 Å². The topological polar surface area (TPSA) is 40.7 Å². The number of hydrogen-bond donors (Lipinski definition) is 2. The Bertz CT molecular complexity index is 683. The Balaban J connectivity index is 1.68. The summed E-state index contributed by atoms with van der Waals surface area (Å²) >= 11 is 1.73. The largest absolute Gasteiger partial charge is 0.306 e. The van der Waals surface area contributed by atoms with Gasteiger partial charge in [-0.2, -0.15) is 5.10 Å². The van der Waals surface area contributed by atoms with Crippen molar-refractivity contribution in [1.82, 2.24) is 15.5 Å². The van der Waals surface area contributed by atoms with Crippen molar-refractivity contribution in [3.8, 4) is 10.6 Å². The highest BCUT2D eigenvalue weighted by Gasteiger charge is 2.10. The van der Waals surface area contributed by atoms with Gasteiger partial charge in [0.2, 0.25) is 0 Å². The van der Waals surface area contributed by atoms with E-state index in [4.69, 9.17) is 0 Å². The molecule has 2 aromatic heterocycles. The van der Waals surface area contributed by atoms with Crippen LogP contribution in [-0.2, 0) is 6.54 Å². The zero-order valence-electron chi connectivity index (χ0n) is 12.3. The van der Waals surface area contributed by atoms with Gasteiger partial charge in [0.1, 0.15) is 0 Å². The van der Waals surface area contributed by atoms with Crippen molar-refractivity contribution in [1.29, 1.82) is 0 Å². The van der Waals surface area contributed by atoms with E-state index < -0.39 is 0 Å². The Morgan fingerprint density at radius 2 is 2.05 bits per heavy atom. The van der Waals surface area contributed by atoms with E-state index >= 15 is 0 Å². The standard InChI is InChI=1S/C17H19N3S/c1-12-5-7-14(8-6-12)13(2)18-10-15-11-19-20-17(15)16-4-3-9-21-16/h3-9,11,13,18H,10H2,1-2H3,(H,19,20)/t13-/m0/s1. The van der Waals surface area contributed by atoms with Gasteiger partial charge in [-0.25, -0.2) is 0 Å². The zero-order valence-corrected chi connectivity index (χ0v) is 13.1. The molecule has 0 unspecified atom stereocenters. The Morgan fingerprint density at radius 1 is 1.24 bits per heavy atom. The molecule has 0 saturated heterocycles. The molecule has 0 aliphatic heterocycles. The molecule has 0 spiro atoms. The second-order valence-electron chi connectivity index (χ2n) is 5.26. The van der Waals surface area contributed by atoms with E-state index in [1.807, 2.05) is 6.20 Å². The van der Waals surface area contributed by atoms with Crippen molar-refractivity contribution in [3.05, 3.63) is 64.7 Å². The van der Waals surface area contributed by atoms with Crippen LogP contribution in [0.4, 0.5) is 0 Å². The summed E-state index contributed by atoms with van der Waals surface area (Å²) in [5.74, 6) is 0. The number of thiophene rings is 1. The minimum Gasteiger partial charge on any atom is -0.306 e. The first-order valence-corrected chi connectivity index (χ1v) is 7.98. The molecule has 3 rings (SSSR count). The van der Waals surface area contributed by atoms with Crippen LogP contribution in [-0.4, -0.2) is 10.2 Å². The van der Waals surface area contributed by atoms with Gasteiger partial charge in [-0.1, -0.05) is 35.9 Å². The smallest absolute Gasteiger partial charge is 0.0794 e. The molecule has 0 amide bonds. The highest BCUT2D eigenvalue weighted by Crippen LogP contribution is 2.26. The number of aromatic nitrogens is 2. The van der Waals surface area contributed by atoms with Crippen molar-refractivity contribution in [2.75, 3.05) is 0 Å². The Kier molecular flexibility index (Phi) is 4.18. The minimum atomic E-state index is 0.316. The molecule has 0 saturated carbocycles. The lowest BCUT2D eigenvalue weighted by Crippen LogP contribution is -2.18. The SMILES string of the molecule is Cc1ccc([C@H](C)NCc2cn[nH]c2-c2cccs2)cc1. The molecule has 3 nitrogen and oxygen atoms in total. The van der Waals surface area contributed by atoms with Crippen LogP contribution in [0.3, 0.4) is 0 Å². The first-order valence-electron chi connectivity index (χ1n) is 7.10. The molecule has 4 heteroatoms. The van der Waals surface area contributed by atoms with E-state index in [-0.39, 0.29) is 0 Å². The Labute approximate surface area is 129 Å². The lowest BCUT2D eigenvalue weighted by atomic mass is 10.1. The fraction of sp³-hybridized carbons (Fsp3) is 0.235. The molecular formula is C17H19N3S. The average molecular weight is 297 g/mol. The van der Waals surface area contributed by atoms with Gasteiger partial charge in [-0.3, -0.25) is 5.10 Å². The van der Waals surface area contributed by atoms with Crippen LogP contribution < -0.4 is 5.32 Å². The first-order chi connectivity index (χ1) is 10.2. The fourth-order valence-corrected chi connectivity index (χ4v) is 3.07. The van der Waals surface area contributed by atoms with Crippen LogP contribution >= 0.6 is 11.3 Å². The van der Waals surface area contributed by atoms with Crippen LogP contribution in [0.15, 0.2) is 48.0 Å².